The van der Waals surface area contributed by atoms with Crippen LogP contribution in [0.5, 0.6) is 11.5 Å². The second-order valence-electron chi connectivity index (χ2n) is 7.71. The van der Waals surface area contributed by atoms with Gasteiger partial charge in [-0.05, 0) is 51.5 Å². The van der Waals surface area contributed by atoms with Crippen molar-refractivity contribution in [1.29, 1.82) is 0 Å². The Kier molecular flexibility index (Phi) is 9.06. The Hall–Kier alpha value is -2.91. The lowest BCUT2D eigenvalue weighted by Gasteiger charge is -2.12. The van der Waals surface area contributed by atoms with E-state index in [0.29, 0.717) is 41.8 Å². The van der Waals surface area contributed by atoms with Crippen LogP contribution in [0.2, 0.25) is 0 Å². The third-order valence-corrected chi connectivity index (χ3v) is 7.21. The molecule has 7 nitrogen and oxygen atoms in total. The molecule has 0 saturated heterocycles. The number of nitrogens with zero attached hydrogens (tertiary/aromatic N) is 2. The van der Waals surface area contributed by atoms with Gasteiger partial charge < -0.3 is 19.3 Å². The zero-order chi connectivity index (χ0) is 24.7. The van der Waals surface area contributed by atoms with Crippen LogP contribution >= 0.6 is 22.7 Å². The highest BCUT2D eigenvalue weighted by molar-refractivity contribution is 7.11. The lowest BCUT2D eigenvalue weighted by atomic mass is 10.1. The van der Waals surface area contributed by atoms with Crippen molar-refractivity contribution >= 4 is 34.5 Å². The molecule has 9 heteroatoms. The molecule has 0 amide bonds. The fraction of sp³-hybridized carbons (Fsp3) is 0.400. The number of carbonyl (C=O) groups excluding carboxylic acids is 1. The van der Waals surface area contributed by atoms with E-state index in [2.05, 4.69) is 24.0 Å². The van der Waals surface area contributed by atoms with Gasteiger partial charge in [-0.3, -0.25) is 0 Å². The van der Waals surface area contributed by atoms with Crippen LogP contribution in [0.15, 0.2) is 29.6 Å². The molecule has 2 aromatic heterocycles. The van der Waals surface area contributed by atoms with Crippen molar-refractivity contribution in [2.24, 2.45) is 0 Å². The van der Waals surface area contributed by atoms with Crippen LogP contribution in [0.3, 0.4) is 0 Å². The molecular weight excluding hydrogens is 472 g/mol. The first kappa shape index (κ1) is 25.7. The highest BCUT2D eigenvalue weighted by atomic mass is 32.1. The average molecular weight is 504 g/mol. The first-order chi connectivity index (χ1) is 16.4. The molecule has 0 aliphatic carbocycles. The normalized spacial score (nSPS) is 11.8. The standard InChI is InChI=1S/C25H30N2O5S2/c1-6-32-25(29)20-15-33-23(26-20)14-27(11-7-8-19-10-9-16(2)34-19)24(28)18-12-21(30-4)17(3)22(13-18)31-5/h9-10,12-13,15H,6-8,11,14H2,1-5H3/p+1. The van der Waals surface area contributed by atoms with E-state index < -0.39 is 5.97 Å². The van der Waals surface area contributed by atoms with Crippen molar-refractivity contribution in [3.8, 4) is 11.5 Å². The number of carbonyl (C=O) groups is 1. The molecule has 34 heavy (non-hydrogen) atoms. The first-order valence-corrected chi connectivity index (χ1v) is 12.8. The van der Waals surface area contributed by atoms with E-state index in [4.69, 9.17) is 14.2 Å². The van der Waals surface area contributed by atoms with Gasteiger partial charge in [-0.15, -0.1) is 22.7 Å². The number of aromatic nitrogens is 1. The maximum atomic E-state index is 12.0. The Morgan fingerprint density at radius 2 is 1.85 bits per heavy atom. The topological polar surface area (TPSA) is 80.9 Å². The Morgan fingerprint density at radius 1 is 1.15 bits per heavy atom. The molecule has 1 aromatic carbocycles. The fourth-order valence-corrected chi connectivity index (χ4v) is 5.28. The number of aryl methyl sites for hydroxylation is 2. The summed E-state index contributed by atoms with van der Waals surface area (Å²) >= 11 is 3.16. The van der Waals surface area contributed by atoms with Gasteiger partial charge in [0, 0.05) is 27.1 Å². The van der Waals surface area contributed by atoms with E-state index in [9.17, 15) is 9.90 Å². The molecule has 0 atom stereocenters. The number of benzene rings is 1. The summed E-state index contributed by atoms with van der Waals surface area (Å²) in [6.45, 7) is 7.03. The Morgan fingerprint density at radius 3 is 2.44 bits per heavy atom. The van der Waals surface area contributed by atoms with Gasteiger partial charge in [0.1, 0.15) is 18.0 Å². The van der Waals surface area contributed by atoms with Gasteiger partial charge in [-0.1, -0.05) is 0 Å². The molecule has 0 aliphatic rings. The molecule has 3 aromatic rings. The number of hydrogen-bond acceptors (Lipinski definition) is 7. The zero-order valence-corrected chi connectivity index (χ0v) is 21.8. The smallest absolute Gasteiger partial charge is 0.368 e. The molecule has 0 unspecified atom stereocenters. The Labute approximate surface area is 208 Å². The highest BCUT2D eigenvalue weighted by Crippen LogP contribution is 2.29. The number of aliphatic hydroxyl groups excluding tert-OH is 1. The van der Waals surface area contributed by atoms with Crippen LogP contribution in [0.1, 0.15) is 49.7 Å². The predicted octanol–water partition coefficient (Wildman–Crippen LogP) is 5.17. The molecule has 0 fully saturated rings. The molecule has 0 spiro atoms. The first-order valence-electron chi connectivity index (χ1n) is 11.1. The SMILES string of the molecule is CCOC(=O)c1csc(C[N+](CCCc2ccc(C)s2)=C(O)c2cc(OC)c(C)c(OC)c2)n1. The van der Waals surface area contributed by atoms with E-state index >= 15 is 0 Å². The second kappa shape index (κ2) is 12.0. The van der Waals surface area contributed by atoms with E-state index in [1.54, 1.807) is 50.0 Å². The number of thiophene rings is 1. The van der Waals surface area contributed by atoms with Crippen molar-refractivity contribution in [3.63, 3.8) is 0 Å². The summed E-state index contributed by atoms with van der Waals surface area (Å²) in [6.07, 6.45) is 1.76. The van der Waals surface area contributed by atoms with Gasteiger partial charge >= 0.3 is 11.9 Å². The minimum atomic E-state index is -0.439. The molecular formula is C25H31N2O5S2+. The quantitative estimate of drug-likeness (QED) is 0.168. The van der Waals surface area contributed by atoms with Crippen molar-refractivity contribution < 1.29 is 28.7 Å². The molecule has 182 valence electrons. The van der Waals surface area contributed by atoms with E-state index in [1.165, 1.54) is 21.1 Å². The number of thiazole rings is 1. The number of rotatable bonds is 11. The molecule has 0 radical (unpaired) electrons. The molecule has 3 rings (SSSR count). The van der Waals surface area contributed by atoms with Crippen molar-refractivity contribution in [2.45, 2.75) is 40.2 Å². The third kappa shape index (κ3) is 6.36. The number of hydrogen-bond donors (Lipinski definition) is 1. The van der Waals surface area contributed by atoms with Crippen molar-refractivity contribution in [3.05, 3.63) is 61.2 Å². The third-order valence-electron chi connectivity index (χ3n) is 5.32. The van der Waals surface area contributed by atoms with Crippen LogP contribution in [-0.4, -0.2) is 53.9 Å². The van der Waals surface area contributed by atoms with Gasteiger partial charge in [0.2, 0.25) is 0 Å². The van der Waals surface area contributed by atoms with E-state index in [1.807, 2.05) is 11.5 Å². The summed E-state index contributed by atoms with van der Waals surface area (Å²) in [4.78, 5) is 19.1. The van der Waals surface area contributed by atoms with E-state index in [-0.39, 0.29) is 11.6 Å². The van der Waals surface area contributed by atoms with Gasteiger partial charge in [0.15, 0.2) is 17.2 Å². The van der Waals surface area contributed by atoms with Crippen molar-refractivity contribution in [2.75, 3.05) is 27.4 Å². The minimum Gasteiger partial charge on any atom is -0.496 e. The molecule has 0 bridgehead atoms. The second-order valence-corrected chi connectivity index (χ2v) is 10.0. The number of esters is 1. The van der Waals surface area contributed by atoms with E-state index in [0.717, 1.165) is 18.4 Å². The van der Waals surface area contributed by atoms with Gasteiger partial charge in [-0.25, -0.2) is 9.78 Å². The van der Waals surface area contributed by atoms with Crippen LogP contribution in [0.25, 0.3) is 0 Å². The van der Waals surface area contributed by atoms with Crippen LogP contribution < -0.4 is 9.47 Å². The number of aliphatic hydroxyl groups is 1. The largest absolute Gasteiger partial charge is 0.496 e. The summed E-state index contributed by atoms with van der Waals surface area (Å²) in [6, 6.07) is 7.87. The van der Waals surface area contributed by atoms with Crippen LogP contribution in [-0.2, 0) is 17.7 Å². The minimum absolute atomic E-state index is 0.104. The van der Waals surface area contributed by atoms with Gasteiger partial charge in [0.25, 0.3) is 0 Å². The lowest BCUT2D eigenvalue weighted by molar-refractivity contribution is -0.551. The Bertz CT molecular complexity index is 1140. The van der Waals surface area contributed by atoms with Crippen molar-refractivity contribution in [1.82, 2.24) is 4.98 Å². The predicted molar refractivity (Wildman–Crippen MR) is 135 cm³/mol. The summed E-state index contributed by atoms with van der Waals surface area (Å²) in [5, 5.41) is 13.7. The van der Waals surface area contributed by atoms with Gasteiger partial charge in [0.05, 0.1) is 26.4 Å². The zero-order valence-electron chi connectivity index (χ0n) is 20.2. The summed E-state index contributed by atoms with van der Waals surface area (Å²) in [7, 11) is 3.19. The lowest BCUT2D eigenvalue weighted by Crippen LogP contribution is -2.24. The molecule has 0 aliphatic heterocycles. The van der Waals surface area contributed by atoms with Gasteiger partial charge in [-0.2, -0.15) is 4.58 Å². The number of methoxy groups -OCH3 is 2. The highest BCUT2D eigenvalue weighted by Gasteiger charge is 2.22. The average Bonchev–Trinajstić information content (AvgIpc) is 3.47. The maximum Gasteiger partial charge on any atom is 0.368 e. The Balaban J connectivity index is 1.91. The van der Waals surface area contributed by atoms with Crippen LogP contribution in [0, 0.1) is 13.8 Å². The maximum absolute atomic E-state index is 12.0. The number of ether oxygens (including phenoxy) is 3. The monoisotopic (exact) mass is 503 g/mol. The fourth-order valence-electron chi connectivity index (χ4n) is 3.57. The van der Waals surface area contributed by atoms with Crippen LogP contribution in [0.4, 0.5) is 0 Å². The molecule has 2 heterocycles. The molecule has 1 N–H and O–H groups in total. The summed E-state index contributed by atoms with van der Waals surface area (Å²) in [5.74, 6) is 0.931. The summed E-state index contributed by atoms with van der Waals surface area (Å²) < 4.78 is 17.9. The molecule has 0 saturated carbocycles. The summed E-state index contributed by atoms with van der Waals surface area (Å²) in [5.41, 5.74) is 1.74.